The first-order valence-corrected chi connectivity index (χ1v) is 6.32. The Balaban J connectivity index is 2.50. The normalized spacial score (nSPS) is 10.2. The fraction of sp³-hybridized carbons (Fsp3) is 0. The highest BCUT2D eigenvalue weighted by molar-refractivity contribution is 9.10. The molecule has 0 heterocycles. The maximum atomic E-state index is 13.2. The number of carbonyl (C=O) groups is 1. The third-order valence-electron chi connectivity index (χ3n) is 2.51. The number of carboxylic acids is 1. The number of aromatic carboxylic acids is 1. The summed E-state index contributed by atoms with van der Waals surface area (Å²) in [5, 5.41) is 20.0. The zero-order valence-corrected chi connectivity index (χ0v) is 11.8. The molecule has 108 valence electrons. The van der Waals surface area contributed by atoms with Gasteiger partial charge in [0, 0.05) is 16.6 Å². The SMILES string of the molecule is O=C(O)c1ccc(F)cc1Oc1ccc(Br)cc1[N+](=O)[O-]. The van der Waals surface area contributed by atoms with Crippen molar-refractivity contribution < 1.29 is 24.0 Å². The molecule has 2 aromatic carbocycles. The number of ether oxygens (including phenoxy) is 1. The number of hydrogen-bond donors (Lipinski definition) is 1. The molecule has 0 fully saturated rings. The molecule has 0 aliphatic carbocycles. The highest BCUT2D eigenvalue weighted by Crippen LogP contribution is 2.35. The van der Waals surface area contributed by atoms with E-state index >= 15 is 0 Å². The van der Waals surface area contributed by atoms with Gasteiger partial charge >= 0.3 is 11.7 Å². The largest absolute Gasteiger partial charge is 0.478 e. The number of nitro groups is 1. The zero-order valence-electron chi connectivity index (χ0n) is 10.2. The van der Waals surface area contributed by atoms with Gasteiger partial charge in [0.15, 0.2) is 0 Å². The smallest absolute Gasteiger partial charge is 0.339 e. The topological polar surface area (TPSA) is 89.7 Å². The van der Waals surface area contributed by atoms with E-state index in [9.17, 15) is 19.3 Å². The lowest BCUT2D eigenvalue weighted by Gasteiger charge is -2.09. The molecule has 0 bridgehead atoms. The second kappa shape index (κ2) is 5.88. The molecule has 6 nitrogen and oxygen atoms in total. The van der Waals surface area contributed by atoms with E-state index in [0.717, 1.165) is 18.2 Å². The highest BCUT2D eigenvalue weighted by Gasteiger charge is 2.19. The summed E-state index contributed by atoms with van der Waals surface area (Å²) >= 11 is 3.09. The van der Waals surface area contributed by atoms with Crippen molar-refractivity contribution in [1.29, 1.82) is 0 Å². The van der Waals surface area contributed by atoms with Crippen LogP contribution in [0.1, 0.15) is 10.4 Å². The van der Waals surface area contributed by atoms with Crippen LogP contribution in [0.3, 0.4) is 0 Å². The van der Waals surface area contributed by atoms with Crippen LogP contribution in [0.2, 0.25) is 0 Å². The van der Waals surface area contributed by atoms with E-state index in [1.165, 1.54) is 18.2 Å². The van der Waals surface area contributed by atoms with E-state index in [4.69, 9.17) is 9.84 Å². The third kappa shape index (κ3) is 3.34. The summed E-state index contributed by atoms with van der Waals surface area (Å²) in [6.07, 6.45) is 0. The lowest BCUT2D eigenvalue weighted by molar-refractivity contribution is -0.385. The molecule has 0 aliphatic rings. The van der Waals surface area contributed by atoms with Crippen LogP contribution in [-0.4, -0.2) is 16.0 Å². The van der Waals surface area contributed by atoms with E-state index in [-0.39, 0.29) is 22.7 Å². The molecule has 0 atom stereocenters. The number of carboxylic acid groups (broad SMARTS) is 1. The minimum atomic E-state index is -1.33. The third-order valence-corrected chi connectivity index (χ3v) is 3.00. The van der Waals surface area contributed by atoms with E-state index in [1.54, 1.807) is 0 Å². The van der Waals surface area contributed by atoms with Crippen LogP contribution in [0.15, 0.2) is 40.9 Å². The molecule has 0 saturated carbocycles. The number of hydrogen-bond acceptors (Lipinski definition) is 4. The van der Waals surface area contributed by atoms with Gasteiger partial charge in [-0.15, -0.1) is 0 Å². The molecule has 0 aliphatic heterocycles. The van der Waals surface area contributed by atoms with Crippen molar-refractivity contribution in [1.82, 2.24) is 0 Å². The molecule has 0 radical (unpaired) electrons. The summed E-state index contributed by atoms with van der Waals surface area (Å²) in [4.78, 5) is 21.3. The van der Waals surface area contributed by atoms with Crippen LogP contribution in [0.25, 0.3) is 0 Å². The summed E-state index contributed by atoms with van der Waals surface area (Å²) in [5.41, 5.74) is -0.668. The summed E-state index contributed by atoms with van der Waals surface area (Å²) in [5.74, 6) is -2.54. The second-order valence-electron chi connectivity index (χ2n) is 3.92. The van der Waals surface area contributed by atoms with Gasteiger partial charge in [-0.2, -0.15) is 0 Å². The quantitative estimate of drug-likeness (QED) is 0.661. The lowest BCUT2D eigenvalue weighted by atomic mass is 10.2. The number of benzene rings is 2. The summed E-state index contributed by atoms with van der Waals surface area (Å²) in [7, 11) is 0. The van der Waals surface area contributed by atoms with Crippen molar-refractivity contribution in [2.24, 2.45) is 0 Å². The van der Waals surface area contributed by atoms with Crippen LogP contribution in [0.4, 0.5) is 10.1 Å². The number of rotatable bonds is 4. The molecule has 2 rings (SSSR count). The molecule has 2 aromatic rings. The van der Waals surface area contributed by atoms with Crippen LogP contribution in [0.5, 0.6) is 11.5 Å². The molecule has 0 spiro atoms. The Bertz CT molecular complexity index is 734. The van der Waals surface area contributed by atoms with Crippen LogP contribution in [-0.2, 0) is 0 Å². The Morgan fingerprint density at radius 3 is 2.57 bits per heavy atom. The zero-order chi connectivity index (χ0) is 15.6. The van der Waals surface area contributed by atoms with Gasteiger partial charge in [-0.3, -0.25) is 10.1 Å². The van der Waals surface area contributed by atoms with Crippen LogP contribution in [0, 0.1) is 15.9 Å². The lowest BCUT2D eigenvalue weighted by Crippen LogP contribution is -2.01. The molecule has 0 unspecified atom stereocenters. The number of nitrogens with zero attached hydrogens (tertiary/aromatic N) is 1. The minimum Gasteiger partial charge on any atom is -0.478 e. The van der Waals surface area contributed by atoms with Crippen molar-refractivity contribution in [3.63, 3.8) is 0 Å². The molecule has 1 N–H and O–H groups in total. The van der Waals surface area contributed by atoms with Crippen molar-refractivity contribution in [2.75, 3.05) is 0 Å². The average molecular weight is 356 g/mol. The van der Waals surface area contributed by atoms with Gasteiger partial charge in [0.2, 0.25) is 5.75 Å². The van der Waals surface area contributed by atoms with Crippen LogP contribution < -0.4 is 4.74 Å². The van der Waals surface area contributed by atoms with E-state index in [0.29, 0.717) is 4.47 Å². The first-order valence-electron chi connectivity index (χ1n) is 5.53. The van der Waals surface area contributed by atoms with E-state index in [1.807, 2.05) is 0 Å². The molecular formula is C13H7BrFNO5. The summed E-state index contributed by atoms with van der Waals surface area (Å²) in [6.45, 7) is 0. The molecule has 21 heavy (non-hydrogen) atoms. The molecular weight excluding hydrogens is 349 g/mol. The Labute approximate surface area is 126 Å². The van der Waals surface area contributed by atoms with Gasteiger partial charge in [-0.05, 0) is 24.3 Å². The average Bonchev–Trinajstić information content (AvgIpc) is 2.40. The van der Waals surface area contributed by atoms with E-state index < -0.39 is 16.7 Å². The second-order valence-corrected chi connectivity index (χ2v) is 4.83. The van der Waals surface area contributed by atoms with Gasteiger partial charge in [-0.1, -0.05) is 15.9 Å². The van der Waals surface area contributed by atoms with Gasteiger partial charge in [-0.25, -0.2) is 9.18 Å². The Hall–Kier alpha value is -2.48. The highest BCUT2D eigenvalue weighted by atomic mass is 79.9. The van der Waals surface area contributed by atoms with Gasteiger partial charge in [0.05, 0.1) is 4.92 Å². The predicted octanol–water partition coefficient (Wildman–Crippen LogP) is 3.99. The van der Waals surface area contributed by atoms with Gasteiger partial charge < -0.3 is 9.84 Å². The fourth-order valence-electron chi connectivity index (χ4n) is 1.60. The minimum absolute atomic E-state index is 0.184. The maximum absolute atomic E-state index is 13.2. The summed E-state index contributed by atoms with van der Waals surface area (Å²) in [6, 6.07) is 6.83. The van der Waals surface area contributed by atoms with E-state index in [2.05, 4.69) is 15.9 Å². The van der Waals surface area contributed by atoms with Crippen LogP contribution >= 0.6 is 15.9 Å². The Kier molecular flexibility index (Phi) is 4.18. The molecule has 8 heteroatoms. The fourth-order valence-corrected chi connectivity index (χ4v) is 1.94. The Morgan fingerprint density at radius 1 is 1.24 bits per heavy atom. The van der Waals surface area contributed by atoms with Gasteiger partial charge in [0.1, 0.15) is 17.1 Å². The summed E-state index contributed by atoms with van der Waals surface area (Å²) < 4.78 is 18.9. The predicted molar refractivity (Wildman–Crippen MR) is 74.2 cm³/mol. The van der Waals surface area contributed by atoms with Crippen molar-refractivity contribution in [3.05, 3.63) is 62.4 Å². The molecule has 0 amide bonds. The van der Waals surface area contributed by atoms with Crippen molar-refractivity contribution >= 4 is 27.6 Å². The molecule has 0 aromatic heterocycles. The first kappa shape index (κ1) is 14.9. The standard InChI is InChI=1S/C13H7BrFNO5/c14-7-1-4-11(10(5-7)16(19)20)21-12-6-8(15)2-3-9(12)13(17)18/h1-6H,(H,17,18). The number of halogens is 2. The monoisotopic (exact) mass is 355 g/mol. The van der Waals surface area contributed by atoms with Crippen molar-refractivity contribution in [3.8, 4) is 11.5 Å². The van der Waals surface area contributed by atoms with Crippen molar-refractivity contribution in [2.45, 2.75) is 0 Å². The number of nitro benzene ring substituents is 1. The van der Waals surface area contributed by atoms with Gasteiger partial charge in [0.25, 0.3) is 0 Å². The maximum Gasteiger partial charge on any atom is 0.339 e. The Morgan fingerprint density at radius 2 is 1.95 bits per heavy atom. The molecule has 0 saturated heterocycles. The first-order chi connectivity index (χ1) is 9.88.